The highest BCUT2D eigenvalue weighted by molar-refractivity contribution is 6.00. The van der Waals surface area contributed by atoms with Crippen LogP contribution in [0.2, 0.25) is 0 Å². The summed E-state index contributed by atoms with van der Waals surface area (Å²) in [5, 5.41) is 9.08. The molecule has 3 N–H and O–H groups in total. The van der Waals surface area contributed by atoms with E-state index in [1.807, 2.05) is 19.9 Å². The molecule has 2 aromatic rings. The molecule has 1 aliphatic heterocycles. The second kappa shape index (κ2) is 9.31. The molecule has 1 atom stereocenters. The predicted molar refractivity (Wildman–Crippen MR) is 109 cm³/mol. The number of anilines is 3. The Morgan fingerprint density at radius 3 is 2.69 bits per heavy atom. The van der Waals surface area contributed by atoms with E-state index in [0.29, 0.717) is 37.1 Å². The molecule has 8 nitrogen and oxygen atoms in total. The van der Waals surface area contributed by atoms with Crippen molar-refractivity contribution < 1.29 is 14.0 Å². The van der Waals surface area contributed by atoms with Crippen molar-refractivity contribution in [2.45, 2.75) is 20.3 Å². The van der Waals surface area contributed by atoms with Gasteiger partial charge < -0.3 is 20.9 Å². The molecule has 1 unspecified atom stereocenters. The number of hydrogen-bond donors (Lipinski definition) is 3. The maximum absolute atomic E-state index is 13.1. The van der Waals surface area contributed by atoms with Gasteiger partial charge in [-0.2, -0.15) is 4.98 Å². The number of rotatable bonds is 8. The molecule has 1 aromatic carbocycles. The maximum atomic E-state index is 13.1. The quantitative estimate of drug-likeness (QED) is 0.586. The molecule has 29 heavy (non-hydrogen) atoms. The third-order valence-electron chi connectivity index (χ3n) is 4.55. The zero-order chi connectivity index (χ0) is 20.8. The second-order valence-electron chi connectivity index (χ2n) is 6.85. The first-order chi connectivity index (χ1) is 14.0. The number of nitrogens with one attached hydrogen (secondary N) is 3. The van der Waals surface area contributed by atoms with Gasteiger partial charge in [0.05, 0.1) is 5.92 Å². The van der Waals surface area contributed by atoms with E-state index in [0.717, 1.165) is 12.2 Å². The molecule has 0 spiro atoms. The molecule has 1 saturated heterocycles. The van der Waals surface area contributed by atoms with Gasteiger partial charge in [-0.15, -0.1) is 0 Å². The highest BCUT2D eigenvalue weighted by Gasteiger charge is 2.34. The summed E-state index contributed by atoms with van der Waals surface area (Å²) in [7, 11) is 0. The van der Waals surface area contributed by atoms with E-state index in [-0.39, 0.29) is 24.1 Å². The van der Waals surface area contributed by atoms with Crippen molar-refractivity contribution in [3.8, 4) is 0 Å². The smallest absolute Gasteiger partial charge is 0.227 e. The van der Waals surface area contributed by atoms with Gasteiger partial charge in [-0.25, -0.2) is 9.37 Å². The lowest BCUT2D eigenvalue weighted by molar-refractivity contribution is -0.126. The fourth-order valence-corrected chi connectivity index (χ4v) is 3.17. The molecule has 2 amide bonds. The van der Waals surface area contributed by atoms with Crippen LogP contribution in [-0.4, -0.2) is 48.0 Å². The number of halogens is 1. The van der Waals surface area contributed by atoms with Gasteiger partial charge in [-0.3, -0.25) is 9.59 Å². The number of hydrogen-bond acceptors (Lipinski definition) is 6. The van der Waals surface area contributed by atoms with Crippen LogP contribution in [0.25, 0.3) is 0 Å². The monoisotopic (exact) mass is 400 g/mol. The van der Waals surface area contributed by atoms with E-state index >= 15 is 0 Å². The normalized spacial score (nSPS) is 16.0. The van der Waals surface area contributed by atoms with Gasteiger partial charge >= 0.3 is 0 Å². The van der Waals surface area contributed by atoms with Gasteiger partial charge in [-0.05, 0) is 38.1 Å². The predicted octanol–water partition coefficient (Wildman–Crippen LogP) is 1.94. The van der Waals surface area contributed by atoms with Crippen LogP contribution >= 0.6 is 0 Å². The topological polar surface area (TPSA) is 99.2 Å². The molecule has 9 heteroatoms. The summed E-state index contributed by atoms with van der Waals surface area (Å²) in [6, 6.07) is 7.53. The maximum Gasteiger partial charge on any atom is 0.227 e. The molecule has 0 radical (unpaired) electrons. The number of amides is 2. The Balaban J connectivity index is 1.46. The van der Waals surface area contributed by atoms with Crippen LogP contribution in [0.4, 0.5) is 21.8 Å². The highest BCUT2D eigenvalue weighted by atomic mass is 19.1. The lowest BCUT2D eigenvalue weighted by Crippen LogP contribution is -2.35. The van der Waals surface area contributed by atoms with Crippen LogP contribution in [0.3, 0.4) is 0 Å². The van der Waals surface area contributed by atoms with Crippen LogP contribution in [0.1, 0.15) is 19.0 Å². The molecular weight excluding hydrogens is 375 g/mol. The second-order valence-corrected chi connectivity index (χ2v) is 6.85. The molecule has 1 aromatic heterocycles. The van der Waals surface area contributed by atoms with Crippen LogP contribution < -0.4 is 20.9 Å². The summed E-state index contributed by atoms with van der Waals surface area (Å²) < 4.78 is 13.1. The molecule has 3 rings (SSSR count). The van der Waals surface area contributed by atoms with Gasteiger partial charge in [0.1, 0.15) is 11.6 Å². The van der Waals surface area contributed by atoms with E-state index in [2.05, 4.69) is 25.9 Å². The van der Waals surface area contributed by atoms with Gasteiger partial charge in [0.15, 0.2) is 0 Å². The molecule has 1 aliphatic rings. The number of nitrogens with zero attached hydrogens (tertiary/aromatic N) is 3. The number of benzene rings is 1. The van der Waals surface area contributed by atoms with Gasteiger partial charge in [0.25, 0.3) is 0 Å². The average Bonchev–Trinajstić information content (AvgIpc) is 3.07. The van der Waals surface area contributed by atoms with Crippen molar-refractivity contribution in [1.29, 1.82) is 0 Å². The Bertz CT molecular complexity index is 874. The van der Waals surface area contributed by atoms with Crippen molar-refractivity contribution in [2.75, 3.05) is 41.7 Å². The summed E-state index contributed by atoms with van der Waals surface area (Å²) in [5.41, 5.74) is 1.44. The largest absolute Gasteiger partial charge is 0.368 e. The number of aromatic nitrogens is 2. The molecule has 2 heterocycles. The molecule has 154 valence electrons. The van der Waals surface area contributed by atoms with Gasteiger partial charge in [0, 0.05) is 50.0 Å². The minimum Gasteiger partial charge on any atom is -0.368 e. The van der Waals surface area contributed by atoms with E-state index in [9.17, 15) is 14.0 Å². The third-order valence-corrected chi connectivity index (χ3v) is 4.55. The number of carbonyl (C=O) groups is 2. The fraction of sp³-hybridized carbons (Fsp3) is 0.400. The first kappa shape index (κ1) is 20.5. The molecule has 1 fully saturated rings. The van der Waals surface area contributed by atoms with Crippen LogP contribution in [0.15, 0.2) is 30.3 Å². The Hall–Kier alpha value is -3.23. The molecule has 0 saturated carbocycles. The highest BCUT2D eigenvalue weighted by Crippen LogP contribution is 2.25. The van der Waals surface area contributed by atoms with Crippen molar-refractivity contribution in [3.63, 3.8) is 0 Å². The van der Waals surface area contributed by atoms with E-state index in [1.54, 1.807) is 12.1 Å². The Labute approximate surface area is 168 Å². The van der Waals surface area contributed by atoms with Crippen molar-refractivity contribution in [3.05, 3.63) is 41.8 Å². The summed E-state index contributed by atoms with van der Waals surface area (Å²) >= 11 is 0. The standard InChI is InChI=1S/C20H25FN6O2/c1-3-22-20-25-13(2)10-17(26-20)23-8-9-24-19(29)14-11-18(28)27(12-14)16-6-4-15(21)5-7-16/h4-7,10,14H,3,8-9,11-12H2,1-2H3,(H,24,29)(H2,22,23,25,26). The van der Waals surface area contributed by atoms with Crippen LogP contribution in [-0.2, 0) is 9.59 Å². The van der Waals surface area contributed by atoms with Crippen molar-refractivity contribution in [1.82, 2.24) is 15.3 Å². The minimum absolute atomic E-state index is 0.137. The van der Waals surface area contributed by atoms with Crippen molar-refractivity contribution >= 4 is 29.3 Å². The van der Waals surface area contributed by atoms with Crippen LogP contribution in [0.5, 0.6) is 0 Å². The first-order valence-corrected chi connectivity index (χ1v) is 9.63. The lowest BCUT2D eigenvalue weighted by Gasteiger charge is -2.16. The Morgan fingerprint density at radius 2 is 1.97 bits per heavy atom. The zero-order valence-corrected chi connectivity index (χ0v) is 16.5. The Kier molecular flexibility index (Phi) is 6.58. The summed E-state index contributed by atoms with van der Waals surface area (Å²) in [4.78, 5) is 34.8. The Morgan fingerprint density at radius 1 is 1.21 bits per heavy atom. The average molecular weight is 400 g/mol. The first-order valence-electron chi connectivity index (χ1n) is 9.63. The summed E-state index contributed by atoms with van der Waals surface area (Å²) in [5.74, 6) is 0.151. The van der Waals surface area contributed by atoms with E-state index in [4.69, 9.17) is 0 Å². The third kappa shape index (κ3) is 5.40. The minimum atomic E-state index is -0.422. The van der Waals surface area contributed by atoms with Gasteiger partial charge in [-0.1, -0.05) is 0 Å². The van der Waals surface area contributed by atoms with Crippen LogP contribution in [0, 0.1) is 18.7 Å². The van der Waals surface area contributed by atoms with E-state index < -0.39 is 5.92 Å². The molecule has 0 bridgehead atoms. The number of carbonyl (C=O) groups excluding carboxylic acids is 2. The molecule has 0 aliphatic carbocycles. The summed E-state index contributed by atoms with van der Waals surface area (Å²) in [6.45, 7) is 5.78. The number of aryl methyl sites for hydroxylation is 1. The zero-order valence-electron chi connectivity index (χ0n) is 16.5. The summed E-state index contributed by atoms with van der Waals surface area (Å²) in [6.07, 6.45) is 0.147. The van der Waals surface area contributed by atoms with Gasteiger partial charge in [0.2, 0.25) is 17.8 Å². The van der Waals surface area contributed by atoms with Crippen molar-refractivity contribution in [2.24, 2.45) is 5.92 Å². The fourth-order valence-electron chi connectivity index (χ4n) is 3.17. The SMILES string of the molecule is CCNc1nc(C)cc(NCCNC(=O)C2CC(=O)N(c3ccc(F)cc3)C2)n1. The molecular formula is C20H25FN6O2. The lowest BCUT2D eigenvalue weighted by atomic mass is 10.1. The van der Waals surface area contributed by atoms with E-state index in [1.165, 1.54) is 17.0 Å².